The summed E-state index contributed by atoms with van der Waals surface area (Å²) in [5.74, 6) is 0.876. The van der Waals surface area contributed by atoms with Crippen molar-refractivity contribution in [3.8, 4) is 5.69 Å². The number of rotatable bonds is 2. The number of nitrogens with zero attached hydrogens (tertiary/aromatic N) is 1. The maximum atomic E-state index is 13.6. The number of fused-ring (bicyclic) bond motifs is 5. The molecule has 2 aromatic carbocycles. The molecule has 3 aliphatic rings. The number of benzene rings is 2. The molecule has 1 fully saturated rings. The van der Waals surface area contributed by atoms with Crippen molar-refractivity contribution in [2.45, 2.75) is 62.7 Å². The number of carbonyl (C=O) groups excluding carboxylic acids is 1. The average molecular weight is 396 g/mol. The van der Waals surface area contributed by atoms with Crippen LogP contribution in [0.5, 0.6) is 0 Å². The molecule has 2 nitrogen and oxygen atoms in total. The van der Waals surface area contributed by atoms with Gasteiger partial charge in [-0.25, -0.2) is 0 Å². The third-order valence-electron chi connectivity index (χ3n) is 8.13. The maximum absolute atomic E-state index is 13.6. The van der Waals surface area contributed by atoms with Gasteiger partial charge in [0.15, 0.2) is 0 Å². The van der Waals surface area contributed by atoms with E-state index in [0.29, 0.717) is 5.78 Å². The highest BCUT2D eigenvalue weighted by Crippen LogP contribution is 2.49. The van der Waals surface area contributed by atoms with E-state index in [0.717, 1.165) is 51.4 Å². The molecule has 2 heteroatoms. The van der Waals surface area contributed by atoms with Crippen molar-refractivity contribution in [1.82, 2.24) is 4.57 Å². The first kappa shape index (κ1) is 18.2. The molecule has 1 aromatic heterocycles. The van der Waals surface area contributed by atoms with Crippen molar-refractivity contribution in [3.05, 3.63) is 89.2 Å². The van der Waals surface area contributed by atoms with E-state index in [1.54, 1.807) is 0 Å². The SMILES string of the molecule is O=C(C1CCC2(CC1)Cc1ccccc1-n1cccc12)C1CCCc2ccccc21. The third kappa shape index (κ3) is 2.73. The van der Waals surface area contributed by atoms with Gasteiger partial charge in [-0.15, -0.1) is 0 Å². The highest BCUT2D eigenvalue weighted by Gasteiger charge is 2.44. The lowest BCUT2D eigenvalue weighted by molar-refractivity contribution is -0.126. The van der Waals surface area contributed by atoms with Gasteiger partial charge in [0, 0.05) is 34.8 Å². The second kappa shape index (κ2) is 6.97. The molecule has 0 N–H and O–H groups in total. The molecule has 2 heterocycles. The molecule has 0 amide bonds. The molecule has 152 valence electrons. The second-order valence-electron chi connectivity index (χ2n) is 9.67. The van der Waals surface area contributed by atoms with Crippen LogP contribution in [0.15, 0.2) is 66.9 Å². The maximum Gasteiger partial charge on any atom is 0.143 e. The summed E-state index contributed by atoms with van der Waals surface area (Å²) in [6.45, 7) is 0. The van der Waals surface area contributed by atoms with E-state index < -0.39 is 0 Å². The van der Waals surface area contributed by atoms with Gasteiger partial charge in [-0.2, -0.15) is 0 Å². The Bertz CT molecular complexity index is 1100. The standard InChI is InChI=1S/C28H29NO/c30-27(24-11-5-9-20-7-1-3-10-23(20)24)21-14-16-28(17-15-21)19-22-8-2-4-12-25(22)29-18-6-13-26(28)29/h1-4,6-8,10,12-13,18,21,24H,5,9,11,14-17,19H2. The van der Waals surface area contributed by atoms with Crippen molar-refractivity contribution in [1.29, 1.82) is 0 Å². The topological polar surface area (TPSA) is 22.0 Å². The Labute approximate surface area is 178 Å². The van der Waals surface area contributed by atoms with Crippen molar-refractivity contribution in [2.24, 2.45) is 5.92 Å². The molecule has 1 atom stereocenters. The first-order valence-electron chi connectivity index (χ1n) is 11.6. The largest absolute Gasteiger partial charge is 0.320 e. The predicted octanol–water partition coefficient (Wildman–Crippen LogP) is 6.15. The van der Waals surface area contributed by atoms with Crippen molar-refractivity contribution < 1.29 is 4.79 Å². The summed E-state index contributed by atoms with van der Waals surface area (Å²) in [5.41, 5.74) is 7.15. The zero-order valence-electron chi connectivity index (χ0n) is 17.5. The monoisotopic (exact) mass is 395 g/mol. The minimum Gasteiger partial charge on any atom is -0.320 e. The van der Waals surface area contributed by atoms with Gasteiger partial charge >= 0.3 is 0 Å². The Balaban J connectivity index is 1.25. The molecule has 0 bridgehead atoms. The first-order valence-corrected chi connectivity index (χ1v) is 11.6. The van der Waals surface area contributed by atoms with Gasteiger partial charge in [-0.3, -0.25) is 4.79 Å². The Hall–Kier alpha value is -2.61. The molecule has 1 aliphatic heterocycles. The van der Waals surface area contributed by atoms with E-state index in [1.807, 2.05) is 0 Å². The molecule has 1 unspecified atom stereocenters. The van der Waals surface area contributed by atoms with Gasteiger partial charge in [0.05, 0.1) is 0 Å². The summed E-state index contributed by atoms with van der Waals surface area (Å²) in [4.78, 5) is 13.6. The molecule has 2 aliphatic carbocycles. The van der Waals surface area contributed by atoms with Crippen LogP contribution in [0, 0.1) is 5.92 Å². The van der Waals surface area contributed by atoms with Crippen LogP contribution >= 0.6 is 0 Å². The summed E-state index contributed by atoms with van der Waals surface area (Å²) in [5, 5.41) is 0. The number of aryl methyl sites for hydroxylation is 1. The van der Waals surface area contributed by atoms with Gasteiger partial charge in [0.1, 0.15) is 5.78 Å². The highest BCUT2D eigenvalue weighted by atomic mass is 16.1. The van der Waals surface area contributed by atoms with Crippen LogP contribution in [0.4, 0.5) is 0 Å². The summed E-state index contributed by atoms with van der Waals surface area (Å²) in [7, 11) is 0. The van der Waals surface area contributed by atoms with Crippen molar-refractivity contribution in [3.63, 3.8) is 0 Å². The molecule has 30 heavy (non-hydrogen) atoms. The summed E-state index contributed by atoms with van der Waals surface area (Å²) >= 11 is 0. The molecule has 3 aromatic rings. The van der Waals surface area contributed by atoms with E-state index in [9.17, 15) is 4.79 Å². The molecule has 1 spiro atoms. The lowest BCUT2D eigenvalue weighted by atomic mass is 9.62. The normalized spacial score (nSPS) is 27.2. The van der Waals surface area contributed by atoms with Crippen LogP contribution in [0.2, 0.25) is 0 Å². The predicted molar refractivity (Wildman–Crippen MR) is 120 cm³/mol. The highest BCUT2D eigenvalue weighted by molar-refractivity contribution is 5.88. The van der Waals surface area contributed by atoms with Crippen LogP contribution < -0.4 is 0 Å². The molecular weight excluding hydrogens is 366 g/mol. The van der Waals surface area contributed by atoms with Crippen LogP contribution in [0.1, 0.15) is 66.8 Å². The van der Waals surface area contributed by atoms with Gasteiger partial charge in [0.2, 0.25) is 0 Å². The summed E-state index contributed by atoms with van der Waals surface area (Å²) in [6, 6.07) is 22.0. The molecule has 0 radical (unpaired) electrons. The Morgan fingerprint density at radius 2 is 1.63 bits per heavy atom. The zero-order chi connectivity index (χ0) is 20.1. The summed E-state index contributed by atoms with van der Waals surface area (Å²) in [6.07, 6.45) is 10.9. The molecule has 6 rings (SSSR count). The fraction of sp³-hybridized carbons (Fsp3) is 0.393. The fourth-order valence-corrected chi connectivity index (χ4v) is 6.60. The Kier molecular flexibility index (Phi) is 4.23. The van der Waals surface area contributed by atoms with E-state index in [4.69, 9.17) is 0 Å². The average Bonchev–Trinajstić information content (AvgIpc) is 3.30. The smallest absolute Gasteiger partial charge is 0.143 e. The minimum absolute atomic E-state index is 0.130. The number of para-hydroxylation sites is 1. The Morgan fingerprint density at radius 1 is 0.867 bits per heavy atom. The quantitative estimate of drug-likeness (QED) is 0.510. The molecular formula is C28H29NO. The third-order valence-corrected chi connectivity index (χ3v) is 8.13. The van der Waals surface area contributed by atoms with E-state index >= 15 is 0 Å². The number of Topliss-reactive ketones (excluding diaryl/α,β-unsaturated/α-hetero) is 1. The molecule has 0 saturated heterocycles. The van der Waals surface area contributed by atoms with E-state index in [1.165, 1.54) is 28.1 Å². The van der Waals surface area contributed by atoms with Gasteiger partial charge in [-0.05, 0) is 86.3 Å². The minimum atomic E-state index is 0.130. The Morgan fingerprint density at radius 3 is 2.50 bits per heavy atom. The number of aromatic nitrogens is 1. The van der Waals surface area contributed by atoms with E-state index in [-0.39, 0.29) is 17.3 Å². The van der Waals surface area contributed by atoms with Crippen molar-refractivity contribution in [2.75, 3.05) is 0 Å². The number of ketones is 1. The zero-order valence-corrected chi connectivity index (χ0v) is 17.5. The van der Waals surface area contributed by atoms with Crippen LogP contribution in [-0.4, -0.2) is 10.4 Å². The lowest BCUT2D eigenvalue weighted by Gasteiger charge is -2.44. The van der Waals surface area contributed by atoms with Gasteiger partial charge in [0.25, 0.3) is 0 Å². The second-order valence-corrected chi connectivity index (χ2v) is 9.67. The summed E-state index contributed by atoms with van der Waals surface area (Å²) < 4.78 is 2.40. The van der Waals surface area contributed by atoms with Crippen LogP contribution in [0.3, 0.4) is 0 Å². The number of hydrogen-bond acceptors (Lipinski definition) is 1. The van der Waals surface area contributed by atoms with Gasteiger partial charge < -0.3 is 4.57 Å². The van der Waals surface area contributed by atoms with Crippen molar-refractivity contribution >= 4 is 5.78 Å². The van der Waals surface area contributed by atoms with E-state index in [2.05, 4.69) is 71.4 Å². The first-order chi connectivity index (χ1) is 14.8. The number of hydrogen-bond donors (Lipinski definition) is 0. The molecule has 1 saturated carbocycles. The lowest BCUT2D eigenvalue weighted by Crippen LogP contribution is -2.40. The van der Waals surface area contributed by atoms with Crippen LogP contribution in [0.25, 0.3) is 5.69 Å². The fourth-order valence-electron chi connectivity index (χ4n) is 6.60. The van der Waals surface area contributed by atoms with Gasteiger partial charge in [-0.1, -0.05) is 42.5 Å². The number of carbonyl (C=O) groups is 1. The van der Waals surface area contributed by atoms with Crippen LogP contribution in [-0.2, 0) is 23.1 Å².